The number of nitrogens with one attached hydrogen (secondary N) is 2. The van der Waals surface area contributed by atoms with E-state index in [4.69, 9.17) is 9.47 Å². The highest BCUT2D eigenvalue weighted by molar-refractivity contribution is 7.16. The molecule has 8 heteroatoms. The summed E-state index contributed by atoms with van der Waals surface area (Å²) in [4.78, 5) is 14.5. The molecule has 1 amide bonds. The third kappa shape index (κ3) is 4.42. The summed E-state index contributed by atoms with van der Waals surface area (Å²) in [7, 11) is 3.08. The quantitative estimate of drug-likeness (QED) is 0.429. The minimum Gasteiger partial charge on any atom is -0.497 e. The van der Waals surface area contributed by atoms with Gasteiger partial charge < -0.3 is 25.2 Å². The van der Waals surface area contributed by atoms with E-state index >= 15 is 0 Å². The zero-order valence-electron chi connectivity index (χ0n) is 17.9. The second kappa shape index (κ2) is 9.58. The molecule has 1 atom stereocenters. The van der Waals surface area contributed by atoms with E-state index in [0.29, 0.717) is 27.8 Å². The normalized spacial score (nSPS) is 13.8. The Bertz CT molecular complexity index is 1130. The number of carbonyl (C=O) groups is 1. The van der Waals surface area contributed by atoms with Crippen molar-refractivity contribution in [1.82, 2.24) is 0 Å². The predicted molar refractivity (Wildman–Crippen MR) is 123 cm³/mol. The standard InChI is InChI=1S/C24H25FN2O4S/c1-30-14-11-12-19(31-2)18(13-14)26-23(29)21-16-8-4-6-10-20(16)32-24(21)27-22(28)15-7-3-5-9-17(15)25/h3,5,7,9,11-13,22,27-28H,4,6,8,10H2,1-2H3,(H,26,29). The highest BCUT2D eigenvalue weighted by Crippen LogP contribution is 2.40. The molecule has 1 aliphatic rings. The maximum atomic E-state index is 14.2. The monoisotopic (exact) mass is 456 g/mol. The first-order valence-electron chi connectivity index (χ1n) is 10.4. The number of fused-ring (bicyclic) bond motifs is 1. The van der Waals surface area contributed by atoms with Gasteiger partial charge in [0.2, 0.25) is 0 Å². The Morgan fingerprint density at radius 2 is 1.91 bits per heavy atom. The van der Waals surface area contributed by atoms with E-state index in [2.05, 4.69) is 10.6 Å². The van der Waals surface area contributed by atoms with Crippen molar-refractivity contribution < 1.29 is 23.8 Å². The summed E-state index contributed by atoms with van der Waals surface area (Å²) in [5.41, 5.74) is 2.06. The molecule has 0 bridgehead atoms. The molecule has 0 saturated carbocycles. The van der Waals surface area contributed by atoms with Gasteiger partial charge in [-0.05, 0) is 49.4 Å². The van der Waals surface area contributed by atoms with Crippen LogP contribution in [0.1, 0.15) is 45.4 Å². The van der Waals surface area contributed by atoms with Gasteiger partial charge in [-0.15, -0.1) is 11.3 Å². The molecule has 1 aromatic heterocycles. The van der Waals surface area contributed by atoms with Crippen LogP contribution in [-0.2, 0) is 12.8 Å². The molecule has 3 aromatic rings. The zero-order valence-corrected chi connectivity index (χ0v) is 18.7. The van der Waals surface area contributed by atoms with E-state index in [-0.39, 0.29) is 11.5 Å². The van der Waals surface area contributed by atoms with Crippen LogP contribution in [-0.4, -0.2) is 25.2 Å². The lowest BCUT2D eigenvalue weighted by Crippen LogP contribution is -2.18. The van der Waals surface area contributed by atoms with Gasteiger partial charge in [0.1, 0.15) is 22.3 Å². The summed E-state index contributed by atoms with van der Waals surface area (Å²) in [5.74, 6) is 0.256. The number of benzene rings is 2. The van der Waals surface area contributed by atoms with E-state index in [9.17, 15) is 14.3 Å². The minimum absolute atomic E-state index is 0.125. The Balaban J connectivity index is 1.68. The summed E-state index contributed by atoms with van der Waals surface area (Å²) in [6.07, 6.45) is 2.41. The highest BCUT2D eigenvalue weighted by atomic mass is 32.1. The number of rotatable bonds is 7. The van der Waals surface area contributed by atoms with Gasteiger partial charge in [0, 0.05) is 16.5 Å². The second-order valence-corrected chi connectivity index (χ2v) is 8.61. The number of anilines is 2. The molecule has 1 aliphatic carbocycles. The molecule has 32 heavy (non-hydrogen) atoms. The van der Waals surface area contributed by atoms with Crippen molar-refractivity contribution in [2.45, 2.75) is 31.9 Å². The largest absolute Gasteiger partial charge is 0.497 e. The molecule has 3 N–H and O–H groups in total. The molecule has 1 heterocycles. The Labute approximate surface area is 190 Å². The fourth-order valence-corrected chi connectivity index (χ4v) is 5.21. The molecule has 168 valence electrons. The van der Waals surface area contributed by atoms with Crippen LogP contribution in [0.25, 0.3) is 0 Å². The lowest BCUT2D eigenvalue weighted by molar-refractivity contribution is 0.102. The number of hydrogen-bond donors (Lipinski definition) is 3. The van der Waals surface area contributed by atoms with Crippen LogP contribution >= 0.6 is 11.3 Å². The lowest BCUT2D eigenvalue weighted by Gasteiger charge is -2.17. The maximum absolute atomic E-state index is 14.2. The highest BCUT2D eigenvalue weighted by Gasteiger charge is 2.27. The fraction of sp³-hybridized carbons (Fsp3) is 0.292. The topological polar surface area (TPSA) is 79.8 Å². The van der Waals surface area contributed by atoms with Crippen LogP contribution < -0.4 is 20.1 Å². The molecular weight excluding hydrogens is 431 g/mol. The number of carbonyl (C=O) groups excluding carboxylic acids is 1. The van der Waals surface area contributed by atoms with Gasteiger partial charge in [-0.3, -0.25) is 4.79 Å². The molecule has 2 aromatic carbocycles. The van der Waals surface area contributed by atoms with Crippen molar-refractivity contribution >= 4 is 27.9 Å². The molecule has 0 spiro atoms. The first kappa shape index (κ1) is 22.1. The van der Waals surface area contributed by atoms with Crippen LogP contribution in [0, 0.1) is 5.82 Å². The Kier molecular flexibility index (Phi) is 6.62. The first-order chi connectivity index (χ1) is 15.5. The third-order valence-electron chi connectivity index (χ3n) is 5.52. The average molecular weight is 457 g/mol. The van der Waals surface area contributed by atoms with E-state index in [1.165, 1.54) is 30.6 Å². The van der Waals surface area contributed by atoms with Gasteiger partial charge in [0.25, 0.3) is 5.91 Å². The number of ether oxygens (including phenoxy) is 2. The second-order valence-electron chi connectivity index (χ2n) is 7.50. The van der Waals surface area contributed by atoms with Crippen LogP contribution in [0.2, 0.25) is 0 Å². The number of amides is 1. The first-order valence-corrected chi connectivity index (χ1v) is 11.2. The lowest BCUT2D eigenvalue weighted by atomic mass is 9.95. The van der Waals surface area contributed by atoms with Crippen LogP contribution in [0.3, 0.4) is 0 Å². The van der Waals surface area contributed by atoms with Crippen molar-refractivity contribution in [2.24, 2.45) is 0 Å². The SMILES string of the molecule is COc1ccc(OC)c(NC(=O)c2c(NC(O)c3ccccc3F)sc3c2CCCC3)c1. The third-order valence-corrected chi connectivity index (χ3v) is 6.74. The van der Waals surface area contributed by atoms with Crippen LogP contribution in [0.4, 0.5) is 15.1 Å². The molecule has 0 fully saturated rings. The number of aryl methyl sites for hydroxylation is 1. The zero-order chi connectivity index (χ0) is 22.7. The van der Waals surface area contributed by atoms with Crippen molar-refractivity contribution in [2.75, 3.05) is 24.9 Å². The molecule has 0 aliphatic heterocycles. The summed E-state index contributed by atoms with van der Waals surface area (Å²) >= 11 is 1.44. The number of aliphatic hydroxyl groups excluding tert-OH is 1. The summed E-state index contributed by atoms with van der Waals surface area (Å²) in [5, 5.41) is 17.1. The Morgan fingerprint density at radius 3 is 2.66 bits per heavy atom. The Morgan fingerprint density at radius 1 is 1.12 bits per heavy atom. The number of aliphatic hydroxyl groups is 1. The summed E-state index contributed by atoms with van der Waals surface area (Å²) in [6.45, 7) is 0. The molecule has 0 radical (unpaired) electrons. The molecular formula is C24H25FN2O4S. The van der Waals surface area contributed by atoms with Crippen LogP contribution in [0.15, 0.2) is 42.5 Å². The molecule has 6 nitrogen and oxygen atoms in total. The Hall–Kier alpha value is -3.10. The van der Waals surface area contributed by atoms with Gasteiger partial charge in [0.15, 0.2) is 6.23 Å². The maximum Gasteiger partial charge on any atom is 0.259 e. The van der Waals surface area contributed by atoms with Gasteiger partial charge in [-0.25, -0.2) is 4.39 Å². The summed E-state index contributed by atoms with van der Waals surface area (Å²) in [6, 6.07) is 11.2. The molecule has 1 unspecified atom stereocenters. The average Bonchev–Trinajstić information content (AvgIpc) is 3.17. The molecule has 4 rings (SSSR count). The van der Waals surface area contributed by atoms with Crippen molar-refractivity contribution in [3.05, 3.63) is 69.8 Å². The van der Waals surface area contributed by atoms with Gasteiger partial charge in [-0.1, -0.05) is 18.2 Å². The number of halogens is 1. The summed E-state index contributed by atoms with van der Waals surface area (Å²) < 4.78 is 24.8. The fourth-order valence-electron chi connectivity index (χ4n) is 3.90. The number of hydrogen-bond acceptors (Lipinski definition) is 6. The van der Waals surface area contributed by atoms with Crippen molar-refractivity contribution in [3.63, 3.8) is 0 Å². The molecule has 0 saturated heterocycles. The van der Waals surface area contributed by atoms with Crippen LogP contribution in [0.5, 0.6) is 11.5 Å². The van der Waals surface area contributed by atoms with Gasteiger partial charge >= 0.3 is 0 Å². The van der Waals surface area contributed by atoms with Crippen molar-refractivity contribution in [3.8, 4) is 11.5 Å². The van der Waals surface area contributed by atoms with Gasteiger partial charge in [-0.2, -0.15) is 0 Å². The minimum atomic E-state index is -1.28. The number of thiophene rings is 1. The van der Waals surface area contributed by atoms with E-state index in [1.54, 1.807) is 37.4 Å². The predicted octanol–water partition coefficient (Wildman–Crippen LogP) is 5.14. The smallest absolute Gasteiger partial charge is 0.259 e. The van der Waals surface area contributed by atoms with E-state index in [0.717, 1.165) is 36.1 Å². The van der Waals surface area contributed by atoms with E-state index in [1.807, 2.05) is 0 Å². The number of methoxy groups -OCH3 is 2. The van der Waals surface area contributed by atoms with Gasteiger partial charge in [0.05, 0.1) is 25.5 Å². The van der Waals surface area contributed by atoms with Crippen molar-refractivity contribution in [1.29, 1.82) is 0 Å². The van der Waals surface area contributed by atoms with E-state index < -0.39 is 12.0 Å².